The summed E-state index contributed by atoms with van der Waals surface area (Å²) in [4.78, 5) is 0. The third-order valence-corrected chi connectivity index (χ3v) is 2.76. The Morgan fingerprint density at radius 3 is 2.44 bits per heavy atom. The van der Waals surface area contributed by atoms with Crippen molar-refractivity contribution in [2.24, 2.45) is 5.92 Å². The average Bonchev–Trinajstić information content (AvgIpc) is 1.86. The lowest BCUT2D eigenvalue weighted by Crippen LogP contribution is -2.54. The van der Waals surface area contributed by atoms with Gasteiger partial charge >= 0.3 is 0 Å². The van der Waals surface area contributed by atoms with Gasteiger partial charge in [-0.1, -0.05) is 13.8 Å². The third kappa shape index (κ3) is 1.11. The lowest BCUT2D eigenvalue weighted by atomic mass is 9.69. The van der Waals surface area contributed by atoms with Gasteiger partial charge in [0.25, 0.3) is 0 Å². The number of nitrogens with one attached hydrogen (secondary N) is 1. The van der Waals surface area contributed by atoms with Crippen LogP contribution in [-0.2, 0) is 0 Å². The van der Waals surface area contributed by atoms with Crippen molar-refractivity contribution in [1.82, 2.24) is 5.32 Å². The normalized spacial score (nSPS) is 42.3. The minimum absolute atomic E-state index is 0.481. The largest absolute Gasteiger partial charge is 0.312 e. The van der Waals surface area contributed by atoms with Gasteiger partial charge in [0.05, 0.1) is 0 Å². The van der Waals surface area contributed by atoms with E-state index >= 15 is 0 Å². The van der Waals surface area contributed by atoms with Crippen molar-refractivity contribution in [2.45, 2.75) is 39.2 Å². The van der Waals surface area contributed by atoms with Gasteiger partial charge in [-0.05, 0) is 32.2 Å². The molecule has 0 spiro atoms. The summed E-state index contributed by atoms with van der Waals surface area (Å²) in [6.45, 7) is 7.94. The van der Waals surface area contributed by atoms with E-state index in [-0.39, 0.29) is 0 Å². The first-order chi connectivity index (χ1) is 4.19. The monoisotopic (exact) mass is 127 g/mol. The fourth-order valence-electron chi connectivity index (χ4n) is 1.53. The van der Waals surface area contributed by atoms with E-state index in [1.807, 2.05) is 0 Å². The van der Waals surface area contributed by atoms with Gasteiger partial charge in [-0.3, -0.25) is 0 Å². The smallest absolute Gasteiger partial charge is 0.0178 e. The van der Waals surface area contributed by atoms with Crippen LogP contribution in [0.4, 0.5) is 0 Å². The molecular weight excluding hydrogens is 110 g/mol. The molecule has 0 amide bonds. The van der Waals surface area contributed by atoms with Crippen molar-refractivity contribution < 1.29 is 0 Å². The molecule has 1 aliphatic carbocycles. The van der Waals surface area contributed by atoms with Gasteiger partial charge in [0.15, 0.2) is 0 Å². The van der Waals surface area contributed by atoms with Crippen molar-refractivity contribution in [3.05, 3.63) is 0 Å². The second-order valence-corrected chi connectivity index (χ2v) is 3.39. The molecular formula is C8H17N. The van der Waals surface area contributed by atoms with Gasteiger partial charge < -0.3 is 5.32 Å². The van der Waals surface area contributed by atoms with E-state index in [1.165, 1.54) is 12.8 Å². The van der Waals surface area contributed by atoms with Crippen LogP contribution in [0.15, 0.2) is 0 Å². The van der Waals surface area contributed by atoms with E-state index in [4.69, 9.17) is 0 Å². The first-order valence-corrected chi connectivity index (χ1v) is 3.94. The fourth-order valence-corrected chi connectivity index (χ4v) is 1.53. The van der Waals surface area contributed by atoms with Crippen LogP contribution in [0.1, 0.15) is 33.6 Å². The molecule has 0 aromatic rings. The maximum absolute atomic E-state index is 3.51. The summed E-state index contributed by atoms with van der Waals surface area (Å²) < 4.78 is 0. The molecule has 1 rings (SSSR count). The Bertz CT molecular complexity index is 101. The molecule has 0 aliphatic heterocycles. The van der Waals surface area contributed by atoms with E-state index in [9.17, 15) is 0 Å². The second kappa shape index (κ2) is 2.30. The zero-order valence-electron chi connectivity index (χ0n) is 6.70. The molecule has 1 saturated carbocycles. The second-order valence-electron chi connectivity index (χ2n) is 3.39. The predicted molar refractivity (Wildman–Crippen MR) is 40.5 cm³/mol. The van der Waals surface area contributed by atoms with E-state index in [1.54, 1.807) is 0 Å². The SMILES string of the molecule is CCNC1(C)CCC1C. The zero-order chi connectivity index (χ0) is 6.91. The molecule has 0 bridgehead atoms. The minimum Gasteiger partial charge on any atom is -0.312 e. The van der Waals surface area contributed by atoms with Crippen LogP contribution in [0.25, 0.3) is 0 Å². The minimum atomic E-state index is 0.481. The van der Waals surface area contributed by atoms with Crippen molar-refractivity contribution >= 4 is 0 Å². The van der Waals surface area contributed by atoms with Gasteiger partial charge in [0.1, 0.15) is 0 Å². The molecule has 1 N–H and O–H groups in total. The summed E-state index contributed by atoms with van der Waals surface area (Å²) >= 11 is 0. The average molecular weight is 127 g/mol. The summed E-state index contributed by atoms with van der Waals surface area (Å²) in [6, 6.07) is 0. The quantitative estimate of drug-likeness (QED) is 0.596. The highest BCUT2D eigenvalue weighted by Crippen LogP contribution is 2.37. The summed E-state index contributed by atoms with van der Waals surface area (Å²) in [6.07, 6.45) is 2.77. The van der Waals surface area contributed by atoms with E-state index in [0.717, 1.165) is 12.5 Å². The Labute approximate surface area is 57.8 Å². The van der Waals surface area contributed by atoms with Crippen molar-refractivity contribution in [1.29, 1.82) is 0 Å². The molecule has 0 aromatic carbocycles. The topological polar surface area (TPSA) is 12.0 Å². The lowest BCUT2D eigenvalue weighted by Gasteiger charge is -2.46. The van der Waals surface area contributed by atoms with Crippen LogP contribution in [0.3, 0.4) is 0 Å². The van der Waals surface area contributed by atoms with Crippen LogP contribution in [0.2, 0.25) is 0 Å². The van der Waals surface area contributed by atoms with Crippen molar-refractivity contribution in [3.63, 3.8) is 0 Å². The Balaban J connectivity index is 2.34. The summed E-state index contributed by atoms with van der Waals surface area (Å²) in [5.41, 5.74) is 0.481. The van der Waals surface area contributed by atoms with Crippen molar-refractivity contribution in [3.8, 4) is 0 Å². The maximum atomic E-state index is 3.51. The standard InChI is InChI=1S/C8H17N/c1-4-9-8(3)6-5-7(8)2/h7,9H,4-6H2,1-3H3. The summed E-state index contributed by atoms with van der Waals surface area (Å²) in [5, 5.41) is 3.51. The molecule has 54 valence electrons. The molecule has 0 aromatic heterocycles. The molecule has 1 fully saturated rings. The molecule has 2 unspecified atom stereocenters. The van der Waals surface area contributed by atoms with Crippen LogP contribution >= 0.6 is 0 Å². The number of rotatable bonds is 2. The molecule has 1 heteroatoms. The Morgan fingerprint density at radius 2 is 2.33 bits per heavy atom. The molecule has 2 atom stereocenters. The highest BCUT2D eigenvalue weighted by Gasteiger charge is 2.38. The maximum Gasteiger partial charge on any atom is 0.0178 e. The fraction of sp³-hybridized carbons (Fsp3) is 1.00. The van der Waals surface area contributed by atoms with Gasteiger partial charge in [-0.2, -0.15) is 0 Å². The molecule has 1 nitrogen and oxygen atoms in total. The Morgan fingerprint density at radius 1 is 1.67 bits per heavy atom. The number of hydrogen-bond donors (Lipinski definition) is 1. The summed E-state index contributed by atoms with van der Waals surface area (Å²) in [5.74, 6) is 0.887. The lowest BCUT2D eigenvalue weighted by molar-refractivity contribution is 0.119. The molecule has 1 aliphatic rings. The number of hydrogen-bond acceptors (Lipinski definition) is 1. The first-order valence-electron chi connectivity index (χ1n) is 3.94. The molecule has 0 saturated heterocycles. The summed E-state index contributed by atoms with van der Waals surface area (Å²) in [7, 11) is 0. The van der Waals surface area contributed by atoms with Crippen LogP contribution in [0.5, 0.6) is 0 Å². The van der Waals surface area contributed by atoms with E-state index < -0.39 is 0 Å². The molecule has 0 heterocycles. The van der Waals surface area contributed by atoms with Gasteiger partial charge in [0.2, 0.25) is 0 Å². The van der Waals surface area contributed by atoms with Gasteiger partial charge in [0, 0.05) is 5.54 Å². The Hall–Kier alpha value is -0.0400. The highest BCUT2D eigenvalue weighted by atomic mass is 15.0. The van der Waals surface area contributed by atoms with Crippen LogP contribution in [0, 0.1) is 5.92 Å². The molecule has 9 heavy (non-hydrogen) atoms. The van der Waals surface area contributed by atoms with Crippen molar-refractivity contribution in [2.75, 3.05) is 6.54 Å². The van der Waals surface area contributed by atoms with Crippen LogP contribution in [-0.4, -0.2) is 12.1 Å². The first kappa shape index (κ1) is 7.07. The zero-order valence-corrected chi connectivity index (χ0v) is 6.70. The predicted octanol–water partition coefficient (Wildman–Crippen LogP) is 1.78. The third-order valence-electron chi connectivity index (χ3n) is 2.76. The van der Waals surface area contributed by atoms with Gasteiger partial charge in [-0.25, -0.2) is 0 Å². The Kier molecular flexibility index (Phi) is 1.80. The van der Waals surface area contributed by atoms with Gasteiger partial charge in [-0.15, -0.1) is 0 Å². The van der Waals surface area contributed by atoms with Crippen LogP contribution < -0.4 is 5.32 Å². The molecule has 0 radical (unpaired) electrons. The highest BCUT2D eigenvalue weighted by molar-refractivity contribution is 4.96. The van der Waals surface area contributed by atoms with E-state index in [2.05, 4.69) is 26.1 Å². The van der Waals surface area contributed by atoms with E-state index in [0.29, 0.717) is 5.54 Å².